The number of ether oxygens (including phenoxy) is 1. The third-order valence-corrected chi connectivity index (χ3v) is 3.54. The van der Waals surface area contributed by atoms with E-state index in [1.165, 1.54) is 6.42 Å². The molecule has 2 atom stereocenters. The lowest BCUT2D eigenvalue weighted by Gasteiger charge is -2.29. The SMILES string of the molecule is COc1cc(NC2CCCCC2O)ccc1Cl. The zero-order chi connectivity index (χ0) is 12.3. The Kier molecular flexibility index (Phi) is 4.13. The van der Waals surface area contributed by atoms with E-state index in [0.29, 0.717) is 10.8 Å². The third-order valence-electron chi connectivity index (χ3n) is 3.23. The normalized spacial score (nSPS) is 24.4. The number of aliphatic hydroxyl groups is 1. The second-order valence-corrected chi connectivity index (χ2v) is 4.86. The Morgan fingerprint density at radius 1 is 1.35 bits per heavy atom. The number of methoxy groups -OCH3 is 1. The topological polar surface area (TPSA) is 41.5 Å². The Labute approximate surface area is 107 Å². The van der Waals surface area contributed by atoms with Gasteiger partial charge in [0.25, 0.3) is 0 Å². The highest BCUT2D eigenvalue weighted by Crippen LogP contribution is 2.29. The van der Waals surface area contributed by atoms with E-state index in [1.807, 2.05) is 12.1 Å². The molecule has 1 aliphatic carbocycles. The van der Waals surface area contributed by atoms with E-state index < -0.39 is 0 Å². The van der Waals surface area contributed by atoms with Crippen molar-refractivity contribution < 1.29 is 9.84 Å². The molecule has 2 unspecified atom stereocenters. The van der Waals surface area contributed by atoms with E-state index in [1.54, 1.807) is 13.2 Å². The van der Waals surface area contributed by atoms with Crippen LogP contribution in [-0.4, -0.2) is 24.4 Å². The van der Waals surface area contributed by atoms with Crippen LogP contribution in [0.2, 0.25) is 5.02 Å². The lowest BCUT2D eigenvalue weighted by atomic mass is 9.92. The summed E-state index contributed by atoms with van der Waals surface area (Å²) in [5.74, 6) is 0.655. The van der Waals surface area contributed by atoms with Crippen LogP contribution in [0.15, 0.2) is 18.2 Å². The van der Waals surface area contributed by atoms with Gasteiger partial charge < -0.3 is 15.2 Å². The maximum Gasteiger partial charge on any atom is 0.139 e. The molecule has 0 heterocycles. The predicted octanol–water partition coefficient (Wildman–Crippen LogP) is 3.06. The van der Waals surface area contributed by atoms with Crippen molar-refractivity contribution in [1.82, 2.24) is 0 Å². The van der Waals surface area contributed by atoms with Gasteiger partial charge in [0.1, 0.15) is 5.75 Å². The van der Waals surface area contributed by atoms with Crippen molar-refractivity contribution >= 4 is 17.3 Å². The first kappa shape index (κ1) is 12.5. The summed E-state index contributed by atoms with van der Waals surface area (Å²) in [6, 6.07) is 5.71. The monoisotopic (exact) mass is 255 g/mol. The van der Waals surface area contributed by atoms with Gasteiger partial charge in [0.2, 0.25) is 0 Å². The van der Waals surface area contributed by atoms with Gasteiger partial charge in [-0.1, -0.05) is 24.4 Å². The summed E-state index contributed by atoms with van der Waals surface area (Å²) in [6.07, 6.45) is 3.91. The minimum Gasteiger partial charge on any atom is -0.495 e. The summed E-state index contributed by atoms with van der Waals surface area (Å²) in [4.78, 5) is 0. The number of rotatable bonds is 3. The molecule has 4 heteroatoms. The van der Waals surface area contributed by atoms with E-state index in [0.717, 1.165) is 24.9 Å². The van der Waals surface area contributed by atoms with Gasteiger partial charge in [-0.05, 0) is 25.0 Å². The van der Waals surface area contributed by atoms with Gasteiger partial charge >= 0.3 is 0 Å². The molecule has 1 aromatic rings. The van der Waals surface area contributed by atoms with Crippen molar-refractivity contribution in [2.45, 2.75) is 37.8 Å². The zero-order valence-electron chi connectivity index (χ0n) is 9.95. The van der Waals surface area contributed by atoms with Gasteiger partial charge in [-0.15, -0.1) is 0 Å². The predicted molar refractivity (Wildman–Crippen MR) is 69.9 cm³/mol. The maximum absolute atomic E-state index is 9.89. The van der Waals surface area contributed by atoms with Crippen molar-refractivity contribution in [3.63, 3.8) is 0 Å². The van der Waals surface area contributed by atoms with Crippen LogP contribution in [0.1, 0.15) is 25.7 Å². The highest BCUT2D eigenvalue weighted by Gasteiger charge is 2.22. The van der Waals surface area contributed by atoms with Crippen LogP contribution in [0, 0.1) is 0 Å². The van der Waals surface area contributed by atoms with E-state index >= 15 is 0 Å². The Bertz CT molecular complexity index is 384. The third kappa shape index (κ3) is 3.05. The smallest absolute Gasteiger partial charge is 0.139 e. The van der Waals surface area contributed by atoms with Crippen LogP contribution in [0.5, 0.6) is 5.75 Å². The minimum atomic E-state index is -0.259. The summed E-state index contributed by atoms with van der Waals surface area (Å²) < 4.78 is 5.17. The van der Waals surface area contributed by atoms with E-state index in [9.17, 15) is 5.11 Å². The molecule has 1 fully saturated rings. The Morgan fingerprint density at radius 2 is 2.12 bits per heavy atom. The highest BCUT2D eigenvalue weighted by atomic mass is 35.5. The lowest BCUT2D eigenvalue weighted by Crippen LogP contribution is -2.36. The average molecular weight is 256 g/mol. The summed E-state index contributed by atoms with van der Waals surface area (Å²) in [5.41, 5.74) is 0.942. The molecule has 0 aromatic heterocycles. The van der Waals surface area contributed by atoms with Crippen molar-refractivity contribution in [3.05, 3.63) is 23.2 Å². The number of aliphatic hydroxyl groups excluding tert-OH is 1. The number of nitrogens with one attached hydrogen (secondary N) is 1. The molecule has 1 saturated carbocycles. The molecule has 1 aromatic carbocycles. The van der Waals surface area contributed by atoms with E-state index in [-0.39, 0.29) is 12.1 Å². The summed E-state index contributed by atoms with van der Waals surface area (Å²) >= 11 is 5.97. The molecule has 94 valence electrons. The summed E-state index contributed by atoms with van der Waals surface area (Å²) in [7, 11) is 1.60. The maximum atomic E-state index is 9.89. The van der Waals surface area contributed by atoms with Gasteiger partial charge in [-0.25, -0.2) is 0 Å². The molecule has 0 aliphatic heterocycles. The van der Waals surface area contributed by atoms with Crippen LogP contribution >= 0.6 is 11.6 Å². The number of anilines is 1. The van der Waals surface area contributed by atoms with Gasteiger partial charge in [0.05, 0.1) is 24.3 Å². The Morgan fingerprint density at radius 3 is 2.82 bits per heavy atom. The van der Waals surface area contributed by atoms with E-state index in [4.69, 9.17) is 16.3 Å². The standard InChI is InChI=1S/C13H18ClNO2/c1-17-13-8-9(6-7-10(13)14)15-11-4-2-3-5-12(11)16/h6-8,11-12,15-16H,2-5H2,1H3. The molecule has 3 nitrogen and oxygen atoms in total. The fourth-order valence-corrected chi connectivity index (χ4v) is 2.44. The van der Waals surface area contributed by atoms with Crippen LogP contribution < -0.4 is 10.1 Å². The van der Waals surface area contributed by atoms with Crippen LogP contribution in [0.25, 0.3) is 0 Å². The summed E-state index contributed by atoms with van der Waals surface area (Å²) in [6.45, 7) is 0. The number of hydrogen-bond acceptors (Lipinski definition) is 3. The first-order chi connectivity index (χ1) is 8.20. The van der Waals surface area contributed by atoms with Crippen molar-refractivity contribution in [3.8, 4) is 5.75 Å². The second-order valence-electron chi connectivity index (χ2n) is 4.45. The van der Waals surface area contributed by atoms with Gasteiger partial charge in [-0.2, -0.15) is 0 Å². The van der Waals surface area contributed by atoms with Crippen molar-refractivity contribution in [2.75, 3.05) is 12.4 Å². The van der Waals surface area contributed by atoms with Gasteiger partial charge in [0, 0.05) is 11.8 Å². The van der Waals surface area contributed by atoms with Crippen molar-refractivity contribution in [2.24, 2.45) is 0 Å². The average Bonchev–Trinajstić information content (AvgIpc) is 2.34. The van der Waals surface area contributed by atoms with Crippen LogP contribution in [0.3, 0.4) is 0 Å². The van der Waals surface area contributed by atoms with Crippen LogP contribution in [0.4, 0.5) is 5.69 Å². The van der Waals surface area contributed by atoms with Crippen LogP contribution in [-0.2, 0) is 0 Å². The van der Waals surface area contributed by atoms with E-state index in [2.05, 4.69) is 5.32 Å². The first-order valence-corrected chi connectivity index (χ1v) is 6.36. The Balaban J connectivity index is 2.07. The molecule has 0 saturated heterocycles. The number of benzene rings is 1. The Hall–Kier alpha value is -0.930. The molecule has 0 spiro atoms. The highest BCUT2D eigenvalue weighted by molar-refractivity contribution is 6.32. The zero-order valence-corrected chi connectivity index (χ0v) is 10.7. The quantitative estimate of drug-likeness (QED) is 0.872. The minimum absolute atomic E-state index is 0.134. The van der Waals surface area contributed by atoms with Gasteiger partial charge in [0.15, 0.2) is 0 Å². The molecular weight excluding hydrogens is 238 g/mol. The molecule has 0 bridgehead atoms. The molecule has 2 N–H and O–H groups in total. The molecule has 1 aliphatic rings. The summed E-state index contributed by atoms with van der Waals surface area (Å²) in [5, 5.41) is 13.8. The molecule has 2 rings (SSSR count). The second kappa shape index (κ2) is 5.61. The molecule has 0 amide bonds. The number of hydrogen-bond donors (Lipinski definition) is 2. The fourth-order valence-electron chi connectivity index (χ4n) is 2.24. The number of halogens is 1. The van der Waals surface area contributed by atoms with Gasteiger partial charge in [-0.3, -0.25) is 0 Å². The first-order valence-electron chi connectivity index (χ1n) is 5.99. The largest absolute Gasteiger partial charge is 0.495 e. The lowest BCUT2D eigenvalue weighted by molar-refractivity contribution is 0.116. The van der Waals surface area contributed by atoms with Crippen molar-refractivity contribution in [1.29, 1.82) is 0 Å². The molecular formula is C13H18ClNO2. The molecule has 0 radical (unpaired) electrons. The molecule has 17 heavy (non-hydrogen) atoms. The fraction of sp³-hybridized carbons (Fsp3) is 0.538.